The minimum Gasteiger partial charge on any atom is -0.446 e. The average molecular weight is 293 g/mol. The molecule has 0 aliphatic heterocycles. The quantitative estimate of drug-likeness (QED) is 0.481. The minimum absolute atomic E-state index is 0. The normalized spacial score (nSPS) is 10.3. The Bertz CT molecular complexity index is 204. The van der Waals surface area contributed by atoms with E-state index in [1.807, 2.05) is 26.8 Å². The summed E-state index contributed by atoms with van der Waals surface area (Å²) < 4.78 is 5.36. The molecule has 0 heterocycles. The highest BCUT2D eigenvalue weighted by molar-refractivity contribution is 6.92. The molecule has 0 spiro atoms. The molecule has 0 aromatic carbocycles. The highest BCUT2D eigenvalue weighted by Gasteiger charge is 2.12. The van der Waals surface area contributed by atoms with Crippen LogP contribution in [0.2, 0.25) is 0 Å². The van der Waals surface area contributed by atoms with E-state index in [0.29, 0.717) is 6.54 Å². The molecular weight excluding hydrogens is 257 g/mol. The molecular formula is C15H36NO2P. The average Bonchev–Trinajstić information content (AvgIpc) is 2.41. The summed E-state index contributed by atoms with van der Waals surface area (Å²) in [4.78, 5) is 11.4. The first-order valence-corrected chi connectivity index (χ1v) is 7.29. The summed E-state index contributed by atoms with van der Waals surface area (Å²) >= 11 is 0. The SMILES string of the molecule is C=CCCC(CCCC)OC(=O)NCCC.CC.P.[HH]. The Morgan fingerprint density at radius 1 is 1.32 bits per heavy atom. The van der Waals surface area contributed by atoms with Gasteiger partial charge in [-0.3, -0.25) is 0 Å². The van der Waals surface area contributed by atoms with Gasteiger partial charge >= 0.3 is 6.09 Å². The largest absolute Gasteiger partial charge is 0.446 e. The number of allylic oxidation sites excluding steroid dienone is 1. The van der Waals surface area contributed by atoms with Gasteiger partial charge in [0.2, 0.25) is 0 Å². The van der Waals surface area contributed by atoms with Gasteiger partial charge in [-0.05, 0) is 25.7 Å². The second-order valence-electron chi connectivity index (χ2n) is 3.96. The highest BCUT2D eigenvalue weighted by atomic mass is 31.0. The van der Waals surface area contributed by atoms with Crippen molar-refractivity contribution in [2.75, 3.05) is 6.54 Å². The predicted molar refractivity (Wildman–Crippen MR) is 92.1 cm³/mol. The minimum atomic E-state index is -0.285. The van der Waals surface area contributed by atoms with Crippen molar-refractivity contribution in [2.24, 2.45) is 0 Å². The van der Waals surface area contributed by atoms with Crippen molar-refractivity contribution < 1.29 is 11.0 Å². The maximum absolute atomic E-state index is 11.4. The molecule has 2 unspecified atom stereocenters. The van der Waals surface area contributed by atoms with Crippen LogP contribution < -0.4 is 5.32 Å². The molecule has 1 amide bonds. The monoisotopic (exact) mass is 293 g/mol. The van der Waals surface area contributed by atoms with Gasteiger partial charge in [-0.25, -0.2) is 4.79 Å². The van der Waals surface area contributed by atoms with Crippen molar-refractivity contribution in [3.05, 3.63) is 12.7 Å². The van der Waals surface area contributed by atoms with E-state index in [4.69, 9.17) is 4.74 Å². The number of rotatable bonds is 9. The zero-order chi connectivity index (χ0) is 14.2. The number of unbranched alkanes of at least 4 members (excludes halogenated alkanes) is 1. The van der Waals surface area contributed by atoms with Crippen molar-refractivity contribution in [3.63, 3.8) is 0 Å². The van der Waals surface area contributed by atoms with E-state index in [0.717, 1.165) is 38.5 Å². The summed E-state index contributed by atoms with van der Waals surface area (Å²) in [6.45, 7) is 12.5. The zero-order valence-electron chi connectivity index (χ0n) is 13.3. The van der Waals surface area contributed by atoms with Crippen molar-refractivity contribution in [1.29, 1.82) is 0 Å². The van der Waals surface area contributed by atoms with Gasteiger partial charge in [-0.2, -0.15) is 9.90 Å². The first-order valence-electron chi connectivity index (χ1n) is 7.29. The third-order valence-corrected chi connectivity index (χ3v) is 2.37. The van der Waals surface area contributed by atoms with E-state index in [9.17, 15) is 4.79 Å². The second kappa shape index (κ2) is 19.8. The molecule has 2 atom stereocenters. The van der Waals surface area contributed by atoms with E-state index >= 15 is 0 Å². The number of nitrogens with one attached hydrogen (secondary N) is 1. The van der Waals surface area contributed by atoms with Gasteiger partial charge in [0, 0.05) is 7.97 Å². The molecule has 0 aliphatic carbocycles. The van der Waals surface area contributed by atoms with Crippen LogP contribution in [0.5, 0.6) is 0 Å². The molecule has 1 N–H and O–H groups in total. The fraction of sp³-hybridized carbons (Fsp3) is 0.800. The lowest BCUT2D eigenvalue weighted by molar-refractivity contribution is 0.0868. The molecule has 3 nitrogen and oxygen atoms in total. The van der Waals surface area contributed by atoms with Crippen molar-refractivity contribution in [3.8, 4) is 0 Å². The van der Waals surface area contributed by atoms with Crippen molar-refractivity contribution in [2.45, 2.75) is 72.3 Å². The summed E-state index contributed by atoms with van der Waals surface area (Å²) in [6.07, 6.45) is 7.51. The molecule has 4 heteroatoms. The predicted octanol–water partition coefficient (Wildman–Crippen LogP) is 4.98. The molecule has 0 aromatic rings. The van der Waals surface area contributed by atoms with Crippen LogP contribution in [0.25, 0.3) is 0 Å². The van der Waals surface area contributed by atoms with Crippen molar-refractivity contribution >= 4 is 16.0 Å². The fourth-order valence-corrected chi connectivity index (χ4v) is 1.42. The van der Waals surface area contributed by atoms with E-state index in [-0.39, 0.29) is 23.5 Å². The second-order valence-corrected chi connectivity index (χ2v) is 3.96. The van der Waals surface area contributed by atoms with Gasteiger partial charge in [0.05, 0.1) is 0 Å². The van der Waals surface area contributed by atoms with Gasteiger partial charge < -0.3 is 10.1 Å². The van der Waals surface area contributed by atoms with E-state index in [2.05, 4.69) is 18.8 Å². The highest BCUT2D eigenvalue weighted by Crippen LogP contribution is 2.11. The third kappa shape index (κ3) is 17.4. The number of alkyl carbamates (subject to hydrolysis) is 1. The van der Waals surface area contributed by atoms with Crippen LogP contribution in [0.1, 0.15) is 67.6 Å². The first kappa shape index (κ1) is 23.5. The van der Waals surface area contributed by atoms with Crippen LogP contribution in [-0.4, -0.2) is 18.7 Å². The lowest BCUT2D eigenvalue weighted by Crippen LogP contribution is -2.29. The molecule has 118 valence electrons. The molecule has 0 radical (unpaired) electrons. The Balaban J connectivity index is -0.000000304. The Labute approximate surface area is 124 Å². The van der Waals surface area contributed by atoms with Crippen LogP contribution >= 0.6 is 9.90 Å². The fourth-order valence-electron chi connectivity index (χ4n) is 1.42. The number of ether oxygens (including phenoxy) is 1. The summed E-state index contributed by atoms with van der Waals surface area (Å²) in [7, 11) is 0. The van der Waals surface area contributed by atoms with E-state index in [1.165, 1.54) is 0 Å². The maximum Gasteiger partial charge on any atom is 0.407 e. The summed E-state index contributed by atoms with van der Waals surface area (Å²) in [5, 5.41) is 2.73. The number of carbonyl (C=O) groups is 1. The van der Waals surface area contributed by atoms with E-state index in [1.54, 1.807) is 0 Å². The topological polar surface area (TPSA) is 38.3 Å². The lowest BCUT2D eigenvalue weighted by Gasteiger charge is -2.17. The van der Waals surface area contributed by atoms with Gasteiger partial charge in [-0.1, -0.05) is 46.6 Å². The Morgan fingerprint density at radius 3 is 2.42 bits per heavy atom. The lowest BCUT2D eigenvalue weighted by atomic mass is 10.1. The third-order valence-electron chi connectivity index (χ3n) is 2.37. The number of hydrogen-bond donors (Lipinski definition) is 1. The Hall–Kier alpha value is -0.560. The van der Waals surface area contributed by atoms with Gasteiger partial charge in [-0.15, -0.1) is 6.58 Å². The molecule has 0 aliphatic rings. The smallest absolute Gasteiger partial charge is 0.407 e. The van der Waals surface area contributed by atoms with Crippen LogP contribution in [0.4, 0.5) is 4.79 Å². The summed E-state index contributed by atoms with van der Waals surface area (Å²) in [5.41, 5.74) is 0. The molecule has 19 heavy (non-hydrogen) atoms. The zero-order valence-corrected chi connectivity index (χ0v) is 14.7. The first-order chi connectivity index (χ1) is 8.74. The Morgan fingerprint density at radius 2 is 1.95 bits per heavy atom. The number of hydrogen-bond acceptors (Lipinski definition) is 2. The van der Waals surface area contributed by atoms with Gasteiger partial charge in [0.15, 0.2) is 0 Å². The molecule has 0 bridgehead atoms. The van der Waals surface area contributed by atoms with Crippen molar-refractivity contribution in [1.82, 2.24) is 5.32 Å². The number of amides is 1. The van der Waals surface area contributed by atoms with Crippen LogP contribution in [-0.2, 0) is 4.74 Å². The summed E-state index contributed by atoms with van der Waals surface area (Å²) in [6, 6.07) is 0. The van der Waals surface area contributed by atoms with Crippen LogP contribution in [0, 0.1) is 0 Å². The molecule has 0 aromatic heterocycles. The summed E-state index contributed by atoms with van der Waals surface area (Å²) in [5.74, 6) is 0. The maximum atomic E-state index is 11.4. The van der Waals surface area contributed by atoms with Crippen LogP contribution in [0.3, 0.4) is 0 Å². The number of carbonyl (C=O) groups excluding carboxylic acids is 1. The molecule has 0 rings (SSSR count). The molecule has 0 fully saturated rings. The molecule has 0 saturated carbocycles. The van der Waals surface area contributed by atoms with Crippen LogP contribution in [0.15, 0.2) is 12.7 Å². The standard InChI is InChI=1S/C13H25NO2.C2H6.H3P.H2/c1-4-7-9-12(10-8-5-2)16-13(15)14-11-6-3;1-2;;/h4,12H,1,5-11H2,2-3H3,(H,14,15);1-2H3;1H3;1H. The van der Waals surface area contributed by atoms with Gasteiger partial charge in [0.25, 0.3) is 0 Å². The van der Waals surface area contributed by atoms with E-state index < -0.39 is 0 Å². The molecule has 0 saturated heterocycles. The Kier molecular flexibility index (Phi) is 24.5. The van der Waals surface area contributed by atoms with Gasteiger partial charge in [0.1, 0.15) is 6.10 Å².